The summed E-state index contributed by atoms with van der Waals surface area (Å²) >= 11 is 5.83. The van der Waals surface area contributed by atoms with Crippen LogP contribution in [0.5, 0.6) is 0 Å². The fourth-order valence-corrected chi connectivity index (χ4v) is 2.67. The van der Waals surface area contributed by atoms with Gasteiger partial charge in [0.25, 0.3) is 0 Å². The number of nitrogens with one attached hydrogen (secondary N) is 3. The summed E-state index contributed by atoms with van der Waals surface area (Å²) in [5, 5.41) is 9.03. The molecule has 0 fully saturated rings. The van der Waals surface area contributed by atoms with E-state index in [9.17, 15) is 9.59 Å². The van der Waals surface area contributed by atoms with Gasteiger partial charge in [-0.1, -0.05) is 25.4 Å². The summed E-state index contributed by atoms with van der Waals surface area (Å²) < 4.78 is 0. The Kier molecular flexibility index (Phi) is 7.64. The molecule has 0 aliphatic heterocycles. The van der Waals surface area contributed by atoms with Gasteiger partial charge in [0.1, 0.15) is 0 Å². The fourth-order valence-electron chi connectivity index (χ4n) is 2.55. The summed E-state index contributed by atoms with van der Waals surface area (Å²) in [7, 11) is 0. The first-order valence-electron chi connectivity index (χ1n) is 8.87. The van der Waals surface area contributed by atoms with Crippen LogP contribution in [-0.2, 0) is 4.79 Å². The van der Waals surface area contributed by atoms with Gasteiger partial charge in [0.05, 0.1) is 6.54 Å². The van der Waals surface area contributed by atoms with Crippen molar-refractivity contribution in [2.45, 2.75) is 20.8 Å². The quantitative estimate of drug-likeness (QED) is 0.650. The summed E-state index contributed by atoms with van der Waals surface area (Å²) in [5.41, 5.74) is 2.89. The number of nitrogens with zero attached hydrogens (tertiary/aromatic N) is 1. The van der Waals surface area contributed by atoms with Gasteiger partial charge in [-0.15, -0.1) is 0 Å². The summed E-state index contributed by atoms with van der Waals surface area (Å²) in [6.45, 7) is 7.95. The van der Waals surface area contributed by atoms with Crippen LogP contribution in [-0.4, -0.2) is 36.5 Å². The van der Waals surface area contributed by atoms with Crippen LogP contribution in [0.3, 0.4) is 0 Å². The Labute approximate surface area is 164 Å². The van der Waals surface area contributed by atoms with Gasteiger partial charge in [-0.25, -0.2) is 4.79 Å². The number of hydrogen-bond donors (Lipinski definition) is 3. The van der Waals surface area contributed by atoms with Crippen molar-refractivity contribution in [2.24, 2.45) is 0 Å². The number of anilines is 3. The molecule has 0 saturated heterocycles. The maximum Gasteiger partial charge on any atom is 0.323 e. The largest absolute Gasteiger partial charge is 0.325 e. The van der Waals surface area contributed by atoms with E-state index in [1.54, 1.807) is 36.4 Å². The Morgan fingerprint density at radius 3 is 2.11 bits per heavy atom. The molecule has 0 radical (unpaired) electrons. The third-order valence-corrected chi connectivity index (χ3v) is 4.37. The maximum absolute atomic E-state index is 12.1. The first kappa shape index (κ1) is 20.7. The van der Waals surface area contributed by atoms with Crippen LogP contribution >= 0.6 is 11.6 Å². The zero-order chi connectivity index (χ0) is 19.8. The number of urea groups is 1. The van der Waals surface area contributed by atoms with Crippen LogP contribution in [0.25, 0.3) is 0 Å². The van der Waals surface area contributed by atoms with E-state index in [0.29, 0.717) is 22.9 Å². The Morgan fingerprint density at radius 1 is 0.926 bits per heavy atom. The number of hydrogen-bond acceptors (Lipinski definition) is 3. The zero-order valence-corrected chi connectivity index (χ0v) is 16.6. The van der Waals surface area contributed by atoms with Gasteiger partial charge in [-0.05, 0) is 68.0 Å². The second-order valence-electron chi connectivity index (χ2n) is 6.13. The molecule has 0 heterocycles. The lowest BCUT2D eigenvalue weighted by atomic mass is 10.1. The van der Waals surface area contributed by atoms with Crippen LogP contribution in [0, 0.1) is 6.92 Å². The Morgan fingerprint density at radius 2 is 1.52 bits per heavy atom. The highest BCUT2D eigenvalue weighted by molar-refractivity contribution is 6.30. The normalized spacial score (nSPS) is 10.6. The molecule has 0 bridgehead atoms. The van der Waals surface area contributed by atoms with Crippen molar-refractivity contribution in [1.29, 1.82) is 0 Å². The second kappa shape index (κ2) is 9.94. The molecule has 3 N–H and O–H groups in total. The third-order valence-electron chi connectivity index (χ3n) is 4.12. The van der Waals surface area contributed by atoms with Gasteiger partial charge < -0.3 is 16.0 Å². The van der Waals surface area contributed by atoms with Crippen LogP contribution in [0.2, 0.25) is 5.02 Å². The molecule has 0 saturated carbocycles. The van der Waals surface area contributed by atoms with E-state index in [2.05, 4.69) is 16.0 Å². The lowest BCUT2D eigenvalue weighted by molar-refractivity contribution is -0.117. The van der Waals surface area contributed by atoms with Crippen LogP contribution in [0.1, 0.15) is 19.4 Å². The minimum Gasteiger partial charge on any atom is -0.325 e. The van der Waals surface area contributed by atoms with Crippen molar-refractivity contribution < 1.29 is 9.59 Å². The van der Waals surface area contributed by atoms with Crippen LogP contribution < -0.4 is 16.0 Å². The lowest BCUT2D eigenvalue weighted by Crippen LogP contribution is -2.33. The molecule has 27 heavy (non-hydrogen) atoms. The molecular weight excluding hydrogens is 364 g/mol. The maximum atomic E-state index is 12.1. The number of rotatable bonds is 7. The molecule has 0 aromatic heterocycles. The molecule has 3 amide bonds. The minimum absolute atomic E-state index is 0.0528. The van der Waals surface area contributed by atoms with E-state index in [4.69, 9.17) is 11.6 Å². The molecule has 0 spiro atoms. The van der Waals surface area contributed by atoms with Gasteiger partial charge in [-0.2, -0.15) is 0 Å². The number of halogens is 1. The van der Waals surface area contributed by atoms with Crippen molar-refractivity contribution in [3.63, 3.8) is 0 Å². The topological polar surface area (TPSA) is 73.5 Å². The predicted molar refractivity (Wildman–Crippen MR) is 112 cm³/mol. The molecular formula is C20H25ClN4O2. The van der Waals surface area contributed by atoms with Crippen LogP contribution in [0.15, 0.2) is 42.5 Å². The van der Waals surface area contributed by atoms with Gasteiger partial charge in [0.15, 0.2) is 0 Å². The zero-order valence-electron chi connectivity index (χ0n) is 15.8. The number of carbonyl (C=O) groups excluding carboxylic acids is 2. The molecule has 2 rings (SSSR count). The molecule has 144 valence electrons. The molecule has 7 heteroatoms. The Bertz CT molecular complexity index is 789. The highest BCUT2D eigenvalue weighted by Crippen LogP contribution is 2.20. The standard InChI is InChI=1S/C20H25ClN4O2/c1-4-25(5-2)13-19(26)24-18-11-10-17(12-14(18)3)23-20(27)22-16-8-6-15(21)7-9-16/h6-12H,4-5,13H2,1-3H3,(H,24,26)(H2,22,23,27). The van der Waals surface area contributed by atoms with Gasteiger partial charge in [0.2, 0.25) is 5.91 Å². The average molecular weight is 389 g/mol. The van der Waals surface area contributed by atoms with Crippen LogP contribution in [0.4, 0.5) is 21.9 Å². The minimum atomic E-state index is -0.352. The second-order valence-corrected chi connectivity index (χ2v) is 6.56. The van der Waals surface area contributed by atoms with E-state index in [-0.39, 0.29) is 11.9 Å². The van der Waals surface area contributed by atoms with E-state index < -0.39 is 0 Å². The van der Waals surface area contributed by atoms with Crippen molar-refractivity contribution in [1.82, 2.24) is 4.90 Å². The highest BCUT2D eigenvalue weighted by Gasteiger charge is 2.10. The molecule has 0 aliphatic rings. The summed E-state index contributed by atoms with van der Waals surface area (Å²) in [6.07, 6.45) is 0. The first-order chi connectivity index (χ1) is 12.9. The van der Waals surface area contributed by atoms with Crippen molar-refractivity contribution in [2.75, 3.05) is 35.6 Å². The predicted octanol–water partition coefficient (Wildman–Crippen LogP) is 4.57. The number of amides is 3. The van der Waals surface area contributed by atoms with Crippen molar-refractivity contribution in [3.8, 4) is 0 Å². The highest BCUT2D eigenvalue weighted by atomic mass is 35.5. The molecule has 0 unspecified atom stereocenters. The van der Waals surface area contributed by atoms with E-state index in [1.807, 2.05) is 31.7 Å². The molecule has 0 atom stereocenters. The van der Waals surface area contributed by atoms with Gasteiger partial charge >= 0.3 is 6.03 Å². The van der Waals surface area contributed by atoms with E-state index >= 15 is 0 Å². The lowest BCUT2D eigenvalue weighted by Gasteiger charge is -2.18. The fraction of sp³-hybridized carbons (Fsp3) is 0.300. The number of aryl methyl sites for hydroxylation is 1. The van der Waals surface area contributed by atoms with Gasteiger partial charge in [0, 0.05) is 22.1 Å². The third kappa shape index (κ3) is 6.58. The molecule has 6 nitrogen and oxygen atoms in total. The first-order valence-corrected chi connectivity index (χ1v) is 9.25. The Balaban J connectivity index is 1.94. The summed E-state index contributed by atoms with van der Waals surface area (Å²) in [4.78, 5) is 26.3. The molecule has 2 aromatic carbocycles. The number of benzene rings is 2. The van der Waals surface area contributed by atoms with Crippen molar-refractivity contribution in [3.05, 3.63) is 53.1 Å². The Hall–Kier alpha value is -2.57. The van der Waals surface area contributed by atoms with Gasteiger partial charge in [-0.3, -0.25) is 9.69 Å². The molecule has 0 aliphatic carbocycles. The smallest absolute Gasteiger partial charge is 0.323 e. The average Bonchev–Trinajstić information content (AvgIpc) is 2.64. The monoisotopic (exact) mass is 388 g/mol. The summed E-state index contributed by atoms with van der Waals surface area (Å²) in [6, 6.07) is 11.9. The van der Waals surface area contributed by atoms with E-state index in [0.717, 1.165) is 24.3 Å². The number of carbonyl (C=O) groups is 2. The SMILES string of the molecule is CCN(CC)CC(=O)Nc1ccc(NC(=O)Nc2ccc(Cl)cc2)cc1C. The van der Waals surface area contributed by atoms with E-state index in [1.165, 1.54) is 0 Å². The van der Waals surface area contributed by atoms with Crippen molar-refractivity contribution >= 4 is 40.6 Å². The summed E-state index contributed by atoms with van der Waals surface area (Å²) in [5.74, 6) is -0.0528. The number of likely N-dealkylation sites (N-methyl/N-ethyl adjacent to an activating group) is 1. The molecule has 2 aromatic rings.